The Kier molecular flexibility index (Phi) is 6.62. The minimum Gasteiger partial charge on any atom is -0.449 e. The number of carbonyl (C=O) groups is 2. The fourth-order valence-corrected chi connectivity index (χ4v) is 1.02. The van der Waals surface area contributed by atoms with E-state index in [0.29, 0.717) is 11.3 Å². The van der Waals surface area contributed by atoms with E-state index in [1.807, 2.05) is 6.92 Å². The van der Waals surface area contributed by atoms with Crippen LogP contribution in [0.25, 0.3) is 0 Å². The Morgan fingerprint density at radius 1 is 1.32 bits per heavy atom. The number of carbonyl (C=O) groups excluding carboxylic acids is 2. The Balaban J connectivity index is 4.83. The van der Waals surface area contributed by atoms with Crippen LogP contribution in [0.1, 0.15) is 40.5 Å². The van der Waals surface area contributed by atoms with Gasteiger partial charge in [0, 0.05) is 0 Å². The van der Waals surface area contributed by atoms with Gasteiger partial charge in [0.2, 0.25) is 0 Å². The van der Waals surface area contributed by atoms with Gasteiger partial charge in [0.05, 0.1) is 6.61 Å². The fourth-order valence-electron chi connectivity index (χ4n) is 1.02. The highest BCUT2D eigenvalue weighted by Gasteiger charge is 2.30. The van der Waals surface area contributed by atoms with E-state index in [0.717, 1.165) is 6.42 Å². The quantitative estimate of drug-likeness (QED) is 0.577. The number of ether oxygens (including phenoxy) is 2. The van der Waals surface area contributed by atoms with E-state index in [-0.39, 0.29) is 12.3 Å². The molecule has 0 aromatic carbocycles. The summed E-state index contributed by atoms with van der Waals surface area (Å²) in [5.74, 6) is 0. The molecule has 0 heterocycles. The van der Waals surface area contributed by atoms with Crippen LogP contribution in [0.4, 0.5) is 9.59 Å². The molecule has 0 rings (SSSR count). The van der Waals surface area contributed by atoms with Gasteiger partial charge in [-0.15, -0.1) is 0 Å². The maximum Gasteiger partial charge on any atom is 0.425 e. The van der Waals surface area contributed by atoms with Gasteiger partial charge < -0.3 is 9.47 Å². The number of amides is 2. The third-order valence-electron chi connectivity index (χ3n) is 1.88. The summed E-state index contributed by atoms with van der Waals surface area (Å²) in [5.41, 5.74) is -1.12. The molecule has 0 N–H and O–H groups in total. The second kappa shape index (κ2) is 7.41. The van der Waals surface area contributed by atoms with Crippen molar-refractivity contribution in [1.82, 2.24) is 4.90 Å². The molecule has 0 aliphatic heterocycles. The standard InChI is InChI=1S/C13H20N2O4/c1-6-7-8-18-11(16)15(10(2)9-14)12(17)19-13(3,4)5/h2,6-8H2,1,3-5H3. The average Bonchev–Trinajstić information content (AvgIpc) is 2.26. The molecule has 0 aromatic heterocycles. The van der Waals surface area contributed by atoms with Crippen molar-refractivity contribution in [2.75, 3.05) is 6.61 Å². The highest BCUT2D eigenvalue weighted by Crippen LogP contribution is 2.14. The molecule has 6 heteroatoms. The highest BCUT2D eigenvalue weighted by molar-refractivity contribution is 5.91. The summed E-state index contributed by atoms with van der Waals surface area (Å²) >= 11 is 0. The van der Waals surface area contributed by atoms with E-state index in [1.54, 1.807) is 26.8 Å². The maximum absolute atomic E-state index is 11.8. The molecular formula is C13H20N2O4. The lowest BCUT2D eigenvalue weighted by molar-refractivity contribution is 0.0291. The molecule has 6 nitrogen and oxygen atoms in total. The predicted octanol–water partition coefficient (Wildman–Crippen LogP) is 3.20. The first-order valence-electron chi connectivity index (χ1n) is 6.01. The van der Waals surface area contributed by atoms with Crippen LogP contribution in [0.3, 0.4) is 0 Å². The zero-order chi connectivity index (χ0) is 15.1. The monoisotopic (exact) mass is 268 g/mol. The molecule has 0 atom stereocenters. The summed E-state index contributed by atoms with van der Waals surface area (Å²) < 4.78 is 9.90. The van der Waals surface area contributed by atoms with Crippen LogP contribution >= 0.6 is 0 Å². The minimum absolute atomic E-state index is 0.174. The molecule has 0 aromatic rings. The van der Waals surface area contributed by atoms with Crippen molar-refractivity contribution >= 4 is 12.2 Å². The van der Waals surface area contributed by atoms with Crippen molar-refractivity contribution in [3.8, 4) is 6.07 Å². The van der Waals surface area contributed by atoms with Crippen molar-refractivity contribution < 1.29 is 19.1 Å². The Morgan fingerprint density at radius 3 is 2.32 bits per heavy atom. The fraction of sp³-hybridized carbons (Fsp3) is 0.615. The summed E-state index contributed by atoms with van der Waals surface area (Å²) in [6.07, 6.45) is -0.402. The van der Waals surface area contributed by atoms with Crippen LogP contribution in [0.2, 0.25) is 0 Å². The Morgan fingerprint density at radius 2 is 1.89 bits per heavy atom. The number of allylic oxidation sites excluding steroid dienone is 1. The van der Waals surface area contributed by atoms with Gasteiger partial charge in [-0.1, -0.05) is 19.9 Å². The average molecular weight is 268 g/mol. The molecule has 0 unspecified atom stereocenters. The summed E-state index contributed by atoms with van der Waals surface area (Å²) in [6.45, 7) is 10.4. The van der Waals surface area contributed by atoms with Gasteiger partial charge in [-0.05, 0) is 27.2 Å². The minimum atomic E-state index is -0.972. The lowest BCUT2D eigenvalue weighted by Gasteiger charge is -2.24. The highest BCUT2D eigenvalue weighted by atomic mass is 16.6. The van der Waals surface area contributed by atoms with E-state index in [9.17, 15) is 9.59 Å². The molecule has 0 bridgehead atoms. The largest absolute Gasteiger partial charge is 0.449 e. The van der Waals surface area contributed by atoms with Crippen LogP contribution in [0, 0.1) is 11.3 Å². The topological polar surface area (TPSA) is 79.6 Å². The second-order valence-corrected chi connectivity index (χ2v) is 4.84. The molecule has 0 saturated carbocycles. The number of unbranched alkanes of at least 4 members (excludes halogenated alkanes) is 1. The third-order valence-corrected chi connectivity index (χ3v) is 1.88. The third kappa shape index (κ3) is 6.46. The van der Waals surface area contributed by atoms with Crippen LogP contribution in [0.5, 0.6) is 0 Å². The molecule has 2 amide bonds. The van der Waals surface area contributed by atoms with Gasteiger partial charge in [0.15, 0.2) is 0 Å². The second-order valence-electron chi connectivity index (χ2n) is 4.84. The van der Waals surface area contributed by atoms with Crippen molar-refractivity contribution in [2.24, 2.45) is 0 Å². The molecule has 0 fully saturated rings. The Labute approximate surface area is 113 Å². The molecule has 0 aliphatic rings. The van der Waals surface area contributed by atoms with Crippen LogP contribution in [0.15, 0.2) is 12.3 Å². The molecule has 19 heavy (non-hydrogen) atoms. The zero-order valence-electron chi connectivity index (χ0n) is 11.9. The van der Waals surface area contributed by atoms with Crippen LogP contribution < -0.4 is 0 Å². The Bertz CT molecular complexity index is 390. The number of hydrogen-bond acceptors (Lipinski definition) is 5. The predicted molar refractivity (Wildman–Crippen MR) is 69.1 cm³/mol. The van der Waals surface area contributed by atoms with Gasteiger partial charge in [0.25, 0.3) is 0 Å². The number of rotatable bonds is 4. The molecule has 0 saturated heterocycles. The van der Waals surface area contributed by atoms with Crippen molar-refractivity contribution in [3.63, 3.8) is 0 Å². The molecule has 0 spiro atoms. The van der Waals surface area contributed by atoms with E-state index < -0.39 is 17.8 Å². The Hall–Kier alpha value is -2.03. The first-order valence-corrected chi connectivity index (χ1v) is 6.01. The van der Waals surface area contributed by atoms with Gasteiger partial charge in [-0.2, -0.15) is 10.2 Å². The number of nitrogens with zero attached hydrogens (tertiary/aromatic N) is 2. The van der Waals surface area contributed by atoms with Gasteiger partial charge in [-0.25, -0.2) is 9.59 Å². The summed E-state index contributed by atoms with van der Waals surface area (Å²) in [4.78, 5) is 24.1. The lowest BCUT2D eigenvalue weighted by atomic mass is 10.2. The van der Waals surface area contributed by atoms with Crippen LogP contribution in [-0.2, 0) is 9.47 Å². The van der Waals surface area contributed by atoms with E-state index in [1.165, 1.54) is 0 Å². The number of nitriles is 1. The van der Waals surface area contributed by atoms with Crippen molar-refractivity contribution in [2.45, 2.75) is 46.1 Å². The maximum atomic E-state index is 11.8. The van der Waals surface area contributed by atoms with E-state index in [2.05, 4.69) is 6.58 Å². The summed E-state index contributed by atoms with van der Waals surface area (Å²) in [6, 6.07) is 1.63. The summed E-state index contributed by atoms with van der Waals surface area (Å²) in [7, 11) is 0. The molecule has 106 valence electrons. The normalized spacial score (nSPS) is 10.3. The molecular weight excluding hydrogens is 248 g/mol. The van der Waals surface area contributed by atoms with Gasteiger partial charge >= 0.3 is 12.2 Å². The number of imide groups is 1. The number of hydrogen-bond donors (Lipinski definition) is 0. The first-order chi connectivity index (χ1) is 8.72. The van der Waals surface area contributed by atoms with Gasteiger partial charge in [0.1, 0.15) is 17.4 Å². The zero-order valence-corrected chi connectivity index (χ0v) is 11.9. The lowest BCUT2D eigenvalue weighted by Crippen LogP contribution is -2.40. The SMILES string of the molecule is C=C(C#N)N(C(=O)OCCCC)C(=O)OC(C)(C)C. The van der Waals surface area contributed by atoms with Crippen molar-refractivity contribution in [1.29, 1.82) is 5.26 Å². The smallest absolute Gasteiger partial charge is 0.425 e. The molecule has 0 aliphatic carbocycles. The van der Waals surface area contributed by atoms with E-state index in [4.69, 9.17) is 14.7 Å². The molecule has 0 radical (unpaired) electrons. The van der Waals surface area contributed by atoms with Crippen LogP contribution in [-0.4, -0.2) is 29.3 Å². The van der Waals surface area contributed by atoms with E-state index >= 15 is 0 Å². The van der Waals surface area contributed by atoms with Gasteiger partial charge in [-0.3, -0.25) is 0 Å². The van der Waals surface area contributed by atoms with Crippen molar-refractivity contribution in [3.05, 3.63) is 12.3 Å². The first kappa shape index (κ1) is 17.0. The summed E-state index contributed by atoms with van der Waals surface area (Å²) in [5, 5.41) is 8.77.